The van der Waals surface area contributed by atoms with E-state index in [4.69, 9.17) is 4.99 Å². The summed E-state index contributed by atoms with van der Waals surface area (Å²) in [6.45, 7) is 0. The molecule has 0 N–H and O–H groups in total. The van der Waals surface area contributed by atoms with Crippen LogP contribution in [0.5, 0.6) is 0 Å². The SMILES string of the molecule is c1ccc(C2=N[C@H](c3ccccc3)[C@@H](c3ccccc3)N2c2ccccc2)cc1. The molecule has 2 heteroatoms. The molecular formula is C27H22N2. The number of hydrogen-bond donors (Lipinski definition) is 0. The minimum atomic E-state index is 0.0222. The Hall–Kier alpha value is -3.65. The molecule has 0 bridgehead atoms. The Labute approximate surface area is 171 Å². The minimum Gasteiger partial charge on any atom is -0.316 e. The van der Waals surface area contributed by atoms with Crippen molar-refractivity contribution in [2.24, 2.45) is 4.99 Å². The quantitative estimate of drug-likeness (QED) is 0.401. The van der Waals surface area contributed by atoms with E-state index in [0.29, 0.717) is 0 Å². The van der Waals surface area contributed by atoms with E-state index in [2.05, 4.69) is 126 Å². The van der Waals surface area contributed by atoms with Crippen molar-refractivity contribution in [1.82, 2.24) is 0 Å². The van der Waals surface area contributed by atoms with Gasteiger partial charge in [-0.15, -0.1) is 0 Å². The summed E-state index contributed by atoms with van der Waals surface area (Å²) < 4.78 is 0. The first-order chi connectivity index (χ1) is 14.4. The number of rotatable bonds is 4. The number of para-hydroxylation sites is 1. The lowest BCUT2D eigenvalue weighted by atomic mass is 9.93. The Kier molecular flexibility index (Phi) is 4.67. The maximum Gasteiger partial charge on any atom is 0.136 e. The largest absolute Gasteiger partial charge is 0.316 e. The zero-order chi connectivity index (χ0) is 19.5. The molecule has 0 aliphatic carbocycles. The van der Waals surface area contributed by atoms with Crippen molar-refractivity contribution in [3.63, 3.8) is 0 Å². The molecule has 0 spiro atoms. The van der Waals surface area contributed by atoms with Crippen LogP contribution in [0.3, 0.4) is 0 Å². The fourth-order valence-electron chi connectivity index (χ4n) is 4.10. The van der Waals surface area contributed by atoms with Gasteiger partial charge in [-0.25, -0.2) is 0 Å². The molecule has 0 aromatic heterocycles. The Morgan fingerprint density at radius 1 is 0.517 bits per heavy atom. The summed E-state index contributed by atoms with van der Waals surface area (Å²) in [5.74, 6) is 1.01. The second kappa shape index (κ2) is 7.76. The van der Waals surface area contributed by atoms with Crippen LogP contribution in [0.4, 0.5) is 5.69 Å². The van der Waals surface area contributed by atoms with Gasteiger partial charge in [-0.1, -0.05) is 109 Å². The molecule has 29 heavy (non-hydrogen) atoms. The molecule has 4 aromatic carbocycles. The molecule has 140 valence electrons. The van der Waals surface area contributed by atoms with Gasteiger partial charge in [0, 0.05) is 11.3 Å². The normalized spacial score (nSPS) is 18.5. The van der Waals surface area contributed by atoms with Crippen molar-refractivity contribution in [3.05, 3.63) is 138 Å². The van der Waals surface area contributed by atoms with Gasteiger partial charge in [0.05, 0.1) is 6.04 Å². The molecule has 5 rings (SSSR count). The van der Waals surface area contributed by atoms with Gasteiger partial charge < -0.3 is 4.90 Å². The third-order valence-electron chi connectivity index (χ3n) is 5.42. The van der Waals surface area contributed by atoms with Crippen LogP contribution in [0.25, 0.3) is 0 Å². The number of aliphatic imine (C=N–C) groups is 1. The standard InChI is InChI=1S/C27H22N2/c1-5-13-21(14-6-1)25-26(22-15-7-2-8-16-22)29(24-19-11-4-12-20-24)27(28-25)23-17-9-3-10-18-23/h1-20,25-26H/t25-,26-/m1/s1. The van der Waals surface area contributed by atoms with Crippen molar-refractivity contribution >= 4 is 11.5 Å². The molecule has 0 fully saturated rings. The Balaban J connectivity index is 1.72. The molecule has 1 heterocycles. The summed E-state index contributed by atoms with van der Waals surface area (Å²) in [5.41, 5.74) is 4.78. The molecule has 1 aliphatic rings. The summed E-state index contributed by atoms with van der Waals surface area (Å²) >= 11 is 0. The minimum absolute atomic E-state index is 0.0222. The van der Waals surface area contributed by atoms with E-state index in [1.165, 1.54) is 11.1 Å². The summed E-state index contributed by atoms with van der Waals surface area (Å²) in [6.07, 6.45) is 0. The Bertz CT molecular complexity index is 1090. The van der Waals surface area contributed by atoms with Gasteiger partial charge in [-0.2, -0.15) is 0 Å². The van der Waals surface area contributed by atoms with Crippen LogP contribution in [0.15, 0.2) is 126 Å². The van der Waals surface area contributed by atoms with E-state index in [-0.39, 0.29) is 12.1 Å². The van der Waals surface area contributed by atoms with Gasteiger partial charge in [0.25, 0.3) is 0 Å². The van der Waals surface area contributed by atoms with Crippen molar-refractivity contribution in [1.29, 1.82) is 0 Å². The first kappa shape index (κ1) is 17.4. The lowest BCUT2D eigenvalue weighted by molar-refractivity contribution is 0.612. The van der Waals surface area contributed by atoms with Gasteiger partial charge in [0.1, 0.15) is 11.9 Å². The second-order valence-corrected chi connectivity index (χ2v) is 7.24. The molecule has 4 aromatic rings. The van der Waals surface area contributed by atoms with Crippen molar-refractivity contribution < 1.29 is 0 Å². The summed E-state index contributed by atoms with van der Waals surface area (Å²) in [6, 6.07) is 42.5. The number of benzene rings is 4. The smallest absolute Gasteiger partial charge is 0.136 e. The van der Waals surface area contributed by atoms with Crippen LogP contribution < -0.4 is 4.90 Å². The zero-order valence-electron chi connectivity index (χ0n) is 16.1. The van der Waals surface area contributed by atoms with Gasteiger partial charge in [-0.05, 0) is 23.3 Å². The van der Waals surface area contributed by atoms with Gasteiger partial charge >= 0.3 is 0 Å². The highest BCUT2D eigenvalue weighted by Gasteiger charge is 2.39. The van der Waals surface area contributed by atoms with E-state index in [0.717, 1.165) is 17.1 Å². The number of hydrogen-bond acceptors (Lipinski definition) is 2. The third kappa shape index (κ3) is 3.34. The molecule has 0 saturated heterocycles. The molecular weight excluding hydrogens is 352 g/mol. The molecule has 0 amide bonds. The Morgan fingerprint density at radius 2 is 1.00 bits per heavy atom. The van der Waals surface area contributed by atoms with E-state index in [1.54, 1.807) is 0 Å². The van der Waals surface area contributed by atoms with Crippen LogP contribution in [0, 0.1) is 0 Å². The summed E-state index contributed by atoms with van der Waals surface area (Å²) in [4.78, 5) is 7.68. The molecule has 1 aliphatic heterocycles. The van der Waals surface area contributed by atoms with Crippen molar-refractivity contribution in [2.75, 3.05) is 4.90 Å². The number of anilines is 1. The third-order valence-corrected chi connectivity index (χ3v) is 5.42. The molecule has 2 atom stereocenters. The van der Waals surface area contributed by atoms with E-state index in [1.807, 2.05) is 0 Å². The van der Waals surface area contributed by atoms with Crippen molar-refractivity contribution in [3.8, 4) is 0 Å². The number of nitrogens with zero attached hydrogens (tertiary/aromatic N) is 2. The predicted molar refractivity (Wildman–Crippen MR) is 120 cm³/mol. The first-order valence-electron chi connectivity index (χ1n) is 9.99. The van der Waals surface area contributed by atoms with Gasteiger partial charge in [0.2, 0.25) is 0 Å². The molecule has 0 unspecified atom stereocenters. The average molecular weight is 374 g/mol. The van der Waals surface area contributed by atoms with E-state index in [9.17, 15) is 0 Å². The second-order valence-electron chi connectivity index (χ2n) is 7.24. The predicted octanol–water partition coefficient (Wildman–Crippen LogP) is 6.44. The van der Waals surface area contributed by atoms with Gasteiger partial charge in [-0.3, -0.25) is 4.99 Å². The fraction of sp³-hybridized carbons (Fsp3) is 0.0741. The Morgan fingerprint density at radius 3 is 1.59 bits per heavy atom. The zero-order valence-corrected chi connectivity index (χ0v) is 16.1. The highest BCUT2D eigenvalue weighted by Crippen LogP contribution is 2.45. The lowest BCUT2D eigenvalue weighted by Gasteiger charge is -2.31. The summed E-state index contributed by atoms with van der Waals surface area (Å²) in [7, 11) is 0. The maximum absolute atomic E-state index is 5.29. The lowest BCUT2D eigenvalue weighted by Crippen LogP contribution is -2.32. The number of amidine groups is 1. The topological polar surface area (TPSA) is 15.6 Å². The first-order valence-corrected chi connectivity index (χ1v) is 9.99. The molecule has 0 radical (unpaired) electrons. The fourth-order valence-corrected chi connectivity index (χ4v) is 4.10. The van der Waals surface area contributed by atoms with Crippen LogP contribution in [-0.4, -0.2) is 5.84 Å². The average Bonchev–Trinajstić information content (AvgIpc) is 3.22. The maximum atomic E-state index is 5.29. The molecule has 2 nitrogen and oxygen atoms in total. The van der Waals surface area contributed by atoms with Crippen LogP contribution in [0.1, 0.15) is 28.8 Å². The monoisotopic (exact) mass is 374 g/mol. The highest BCUT2D eigenvalue weighted by molar-refractivity contribution is 6.12. The summed E-state index contributed by atoms with van der Waals surface area (Å²) in [5, 5.41) is 0. The highest BCUT2D eigenvalue weighted by atomic mass is 15.3. The van der Waals surface area contributed by atoms with Crippen molar-refractivity contribution in [2.45, 2.75) is 12.1 Å². The van der Waals surface area contributed by atoms with E-state index >= 15 is 0 Å². The molecule has 0 saturated carbocycles. The van der Waals surface area contributed by atoms with Crippen LogP contribution in [0.2, 0.25) is 0 Å². The van der Waals surface area contributed by atoms with Crippen LogP contribution >= 0.6 is 0 Å². The van der Waals surface area contributed by atoms with Crippen LogP contribution in [-0.2, 0) is 0 Å². The van der Waals surface area contributed by atoms with E-state index < -0.39 is 0 Å². The van der Waals surface area contributed by atoms with Gasteiger partial charge in [0.15, 0.2) is 0 Å².